The van der Waals surface area contributed by atoms with E-state index in [9.17, 15) is 4.79 Å². The first-order valence-electron chi connectivity index (χ1n) is 9.13. The Morgan fingerprint density at radius 1 is 1.07 bits per heavy atom. The van der Waals surface area contributed by atoms with Crippen LogP contribution in [0.2, 0.25) is 0 Å². The molecule has 3 heterocycles. The number of carbonyl (C=O) groups excluding carboxylic acids is 1. The van der Waals surface area contributed by atoms with E-state index >= 15 is 0 Å². The summed E-state index contributed by atoms with van der Waals surface area (Å²) in [5.41, 5.74) is 2.34. The molecule has 0 radical (unpaired) electrons. The fraction of sp³-hybridized carbons (Fsp3) is 0.0952. The molecule has 0 fully saturated rings. The molecule has 7 nitrogen and oxygen atoms in total. The summed E-state index contributed by atoms with van der Waals surface area (Å²) in [4.78, 5) is 18.5. The number of thiophene rings is 1. The molecule has 1 amide bonds. The van der Waals surface area contributed by atoms with E-state index in [0.29, 0.717) is 23.8 Å². The van der Waals surface area contributed by atoms with Crippen molar-refractivity contribution in [2.75, 3.05) is 18.5 Å². The molecule has 5 rings (SSSR count). The molecule has 1 aliphatic rings. The number of benzene rings is 2. The van der Waals surface area contributed by atoms with Crippen LogP contribution in [-0.4, -0.2) is 33.9 Å². The number of fused-ring (bicyclic) bond motifs is 1. The lowest BCUT2D eigenvalue weighted by Gasteiger charge is -2.18. The van der Waals surface area contributed by atoms with Gasteiger partial charge in [-0.25, -0.2) is 9.67 Å². The van der Waals surface area contributed by atoms with Gasteiger partial charge in [0.15, 0.2) is 11.5 Å². The lowest BCUT2D eigenvalue weighted by Crippen LogP contribution is -2.15. The molecule has 30 heavy (non-hydrogen) atoms. The zero-order valence-electron chi connectivity index (χ0n) is 15.5. The van der Waals surface area contributed by atoms with E-state index < -0.39 is 0 Å². The van der Waals surface area contributed by atoms with Crippen molar-refractivity contribution in [3.63, 3.8) is 0 Å². The quantitative estimate of drug-likeness (QED) is 0.452. The number of anilines is 1. The summed E-state index contributed by atoms with van der Waals surface area (Å²) >= 11 is 4.87. The average molecular weight is 483 g/mol. The third kappa shape index (κ3) is 3.69. The Hall–Kier alpha value is -3.17. The maximum atomic E-state index is 12.9. The second kappa shape index (κ2) is 7.92. The minimum atomic E-state index is -0.191. The van der Waals surface area contributed by atoms with Crippen LogP contribution in [0.25, 0.3) is 16.1 Å². The molecule has 1 N–H and O–H groups in total. The van der Waals surface area contributed by atoms with Gasteiger partial charge < -0.3 is 14.8 Å². The van der Waals surface area contributed by atoms with Crippen molar-refractivity contribution in [2.45, 2.75) is 0 Å². The van der Waals surface area contributed by atoms with Crippen molar-refractivity contribution in [1.82, 2.24) is 14.8 Å². The fourth-order valence-electron chi connectivity index (χ4n) is 3.14. The van der Waals surface area contributed by atoms with Crippen molar-refractivity contribution in [3.05, 3.63) is 70.5 Å². The number of aromatic nitrogens is 3. The van der Waals surface area contributed by atoms with Gasteiger partial charge in [0, 0.05) is 9.35 Å². The number of nitrogens with one attached hydrogen (secondary N) is 1. The molecule has 0 saturated carbocycles. The maximum Gasteiger partial charge on any atom is 0.265 e. The highest BCUT2D eigenvalue weighted by atomic mass is 79.9. The fourth-order valence-corrected chi connectivity index (χ4v) is 4.40. The van der Waals surface area contributed by atoms with Crippen LogP contribution < -0.4 is 14.8 Å². The monoisotopic (exact) mass is 482 g/mol. The molecule has 0 saturated heterocycles. The normalized spacial score (nSPS) is 12.6. The van der Waals surface area contributed by atoms with Gasteiger partial charge in [-0.1, -0.05) is 15.9 Å². The van der Waals surface area contributed by atoms with Crippen molar-refractivity contribution < 1.29 is 14.3 Å². The van der Waals surface area contributed by atoms with Crippen LogP contribution in [0, 0.1) is 0 Å². The SMILES string of the molecule is O=C(Nc1cc(Br)ccc1-n1cncn1)c1ccc(-c2ccc3c(c2)OCCO3)s1. The number of carbonyl (C=O) groups is 1. The summed E-state index contributed by atoms with van der Waals surface area (Å²) in [6.45, 7) is 1.09. The number of halogens is 1. The van der Waals surface area contributed by atoms with Gasteiger partial charge in [-0.15, -0.1) is 11.3 Å². The summed E-state index contributed by atoms with van der Waals surface area (Å²) < 4.78 is 13.7. The number of ether oxygens (including phenoxy) is 2. The molecule has 9 heteroatoms. The first-order valence-corrected chi connectivity index (χ1v) is 10.7. The van der Waals surface area contributed by atoms with Crippen LogP contribution >= 0.6 is 27.3 Å². The van der Waals surface area contributed by atoms with Crippen LogP contribution in [0.5, 0.6) is 11.5 Å². The Morgan fingerprint density at radius 3 is 2.77 bits per heavy atom. The third-order valence-corrected chi connectivity index (χ3v) is 6.16. The van der Waals surface area contributed by atoms with Gasteiger partial charge in [0.05, 0.1) is 16.3 Å². The standard InChI is InChI=1S/C21H15BrN4O3S/c22-14-2-3-16(26-12-23-11-24-26)15(10-14)25-21(27)20-6-5-19(30-20)13-1-4-17-18(9-13)29-8-7-28-17/h1-6,9-12H,7-8H2,(H,25,27). The van der Waals surface area contributed by atoms with Crippen molar-refractivity contribution in [2.24, 2.45) is 0 Å². The average Bonchev–Trinajstić information content (AvgIpc) is 3.46. The lowest BCUT2D eigenvalue weighted by atomic mass is 10.1. The summed E-state index contributed by atoms with van der Waals surface area (Å²) in [7, 11) is 0. The van der Waals surface area contributed by atoms with Gasteiger partial charge in [-0.05, 0) is 54.1 Å². The number of nitrogens with zero attached hydrogens (tertiary/aromatic N) is 3. The Kier molecular flexibility index (Phi) is 4.97. The maximum absolute atomic E-state index is 12.9. The molecule has 4 aromatic rings. The van der Waals surface area contributed by atoms with Crippen molar-refractivity contribution in [3.8, 4) is 27.6 Å². The number of hydrogen-bond donors (Lipinski definition) is 1. The van der Waals surface area contributed by atoms with Gasteiger partial charge in [-0.3, -0.25) is 4.79 Å². The second-order valence-corrected chi connectivity index (χ2v) is 8.48. The first-order chi connectivity index (χ1) is 14.7. The van der Waals surface area contributed by atoms with Crippen molar-refractivity contribution in [1.29, 1.82) is 0 Å². The Morgan fingerprint density at radius 2 is 1.93 bits per heavy atom. The molecule has 0 atom stereocenters. The number of amides is 1. The van der Waals surface area contributed by atoms with E-state index in [1.807, 2.05) is 48.5 Å². The molecule has 0 bridgehead atoms. The van der Waals surface area contributed by atoms with E-state index in [4.69, 9.17) is 9.47 Å². The molecule has 1 aliphatic heterocycles. The molecular weight excluding hydrogens is 468 g/mol. The van der Waals surface area contributed by atoms with E-state index in [0.717, 1.165) is 32.1 Å². The second-order valence-electron chi connectivity index (χ2n) is 6.48. The van der Waals surface area contributed by atoms with E-state index in [-0.39, 0.29) is 5.91 Å². The van der Waals surface area contributed by atoms with Gasteiger partial charge in [-0.2, -0.15) is 5.10 Å². The molecule has 0 unspecified atom stereocenters. The van der Waals surface area contributed by atoms with E-state index in [1.54, 1.807) is 11.0 Å². The Bertz CT molecular complexity index is 1220. The topological polar surface area (TPSA) is 78.3 Å². The van der Waals surface area contributed by atoms with Crippen LogP contribution in [0.15, 0.2) is 65.7 Å². The Labute approximate surface area is 184 Å². The number of hydrogen-bond acceptors (Lipinski definition) is 6. The van der Waals surface area contributed by atoms with Crippen LogP contribution in [0.4, 0.5) is 5.69 Å². The molecule has 150 valence electrons. The molecular formula is C21H15BrN4O3S. The Balaban J connectivity index is 1.40. The van der Waals surface area contributed by atoms with E-state index in [2.05, 4.69) is 31.3 Å². The molecule has 0 spiro atoms. The predicted molar refractivity (Wildman–Crippen MR) is 118 cm³/mol. The van der Waals surface area contributed by atoms with Crippen LogP contribution in [0.3, 0.4) is 0 Å². The summed E-state index contributed by atoms with van der Waals surface area (Å²) in [6.07, 6.45) is 3.04. The smallest absolute Gasteiger partial charge is 0.265 e. The zero-order valence-corrected chi connectivity index (χ0v) is 17.9. The lowest BCUT2D eigenvalue weighted by molar-refractivity contribution is 0.103. The zero-order chi connectivity index (χ0) is 20.5. The van der Waals surface area contributed by atoms with Gasteiger partial charge >= 0.3 is 0 Å². The van der Waals surface area contributed by atoms with Crippen LogP contribution in [-0.2, 0) is 0 Å². The third-order valence-electron chi connectivity index (χ3n) is 4.53. The summed E-state index contributed by atoms with van der Waals surface area (Å²) in [5, 5.41) is 7.13. The molecule has 2 aromatic heterocycles. The van der Waals surface area contributed by atoms with Gasteiger partial charge in [0.25, 0.3) is 5.91 Å². The highest BCUT2D eigenvalue weighted by Gasteiger charge is 2.16. The predicted octanol–water partition coefficient (Wildman–Crippen LogP) is 4.78. The summed E-state index contributed by atoms with van der Waals surface area (Å²) in [6, 6.07) is 15.2. The first kappa shape index (κ1) is 18.8. The minimum absolute atomic E-state index is 0.191. The highest BCUT2D eigenvalue weighted by Crippen LogP contribution is 2.37. The molecule has 0 aliphatic carbocycles. The van der Waals surface area contributed by atoms with Gasteiger partial charge in [0.1, 0.15) is 25.9 Å². The van der Waals surface area contributed by atoms with Crippen molar-refractivity contribution >= 4 is 38.9 Å². The van der Waals surface area contributed by atoms with Crippen LogP contribution in [0.1, 0.15) is 9.67 Å². The number of rotatable bonds is 4. The van der Waals surface area contributed by atoms with Gasteiger partial charge in [0.2, 0.25) is 0 Å². The molecule has 2 aromatic carbocycles. The minimum Gasteiger partial charge on any atom is -0.486 e. The largest absolute Gasteiger partial charge is 0.486 e. The van der Waals surface area contributed by atoms with E-state index in [1.165, 1.54) is 17.7 Å². The summed E-state index contributed by atoms with van der Waals surface area (Å²) in [5.74, 6) is 1.28. The highest BCUT2D eigenvalue weighted by molar-refractivity contribution is 9.10.